The lowest BCUT2D eigenvalue weighted by Gasteiger charge is -1.92. The summed E-state index contributed by atoms with van der Waals surface area (Å²) < 4.78 is 1.49. The Balaban J connectivity index is 2.46. The molecule has 0 amide bonds. The number of aromatic nitrogens is 6. The molecule has 0 fully saturated rings. The van der Waals surface area contributed by atoms with Crippen LogP contribution in [0.1, 0.15) is 0 Å². The molecule has 0 bridgehead atoms. The molecule has 0 saturated heterocycles. The van der Waals surface area contributed by atoms with Crippen LogP contribution in [-0.2, 0) is 0 Å². The summed E-state index contributed by atoms with van der Waals surface area (Å²) in [6.45, 7) is 0. The van der Waals surface area contributed by atoms with Gasteiger partial charge in [0.25, 0.3) is 5.95 Å². The van der Waals surface area contributed by atoms with Crippen molar-refractivity contribution < 1.29 is 0 Å². The molecule has 0 atom stereocenters. The Morgan fingerprint density at radius 3 is 2.64 bits per heavy atom. The van der Waals surface area contributed by atoms with Crippen molar-refractivity contribution in [3.8, 4) is 5.95 Å². The average Bonchev–Trinajstić information content (AvgIpc) is 2.58. The van der Waals surface area contributed by atoms with Crippen molar-refractivity contribution in [3.05, 3.63) is 24.8 Å². The van der Waals surface area contributed by atoms with Gasteiger partial charge in [-0.15, -0.1) is 20.4 Å². The topological polar surface area (TPSA) is 69.4 Å². The second kappa shape index (κ2) is 2.41. The molecule has 0 aliphatic rings. The second-order valence-corrected chi connectivity index (χ2v) is 1.80. The van der Waals surface area contributed by atoms with Crippen LogP contribution in [0.5, 0.6) is 0 Å². The number of nitrogens with zero attached hydrogens (tertiary/aromatic N) is 6. The average molecular weight is 148 g/mol. The van der Waals surface area contributed by atoms with E-state index in [0.29, 0.717) is 5.95 Å². The summed E-state index contributed by atoms with van der Waals surface area (Å²) in [4.78, 5) is 0. The molecular formula is C5H4N6. The van der Waals surface area contributed by atoms with Crippen LogP contribution >= 0.6 is 0 Å². The van der Waals surface area contributed by atoms with E-state index in [1.165, 1.54) is 11.0 Å². The van der Waals surface area contributed by atoms with E-state index in [0.717, 1.165) is 0 Å². The molecule has 0 N–H and O–H groups in total. The first-order valence-electron chi connectivity index (χ1n) is 2.97. The predicted octanol–water partition coefficient (Wildman–Crippen LogP) is -0.548. The number of hydrogen-bond donors (Lipinski definition) is 0. The van der Waals surface area contributed by atoms with Gasteiger partial charge < -0.3 is 0 Å². The Morgan fingerprint density at radius 2 is 2.00 bits per heavy atom. The van der Waals surface area contributed by atoms with Gasteiger partial charge in [-0.1, -0.05) is 0 Å². The SMILES string of the molecule is c1cnn(-c2nncnn2)c1. The molecule has 0 aromatic carbocycles. The molecule has 2 aromatic heterocycles. The molecule has 0 unspecified atom stereocenters. The van der Waals surface area contributed by atoms with Gasteiger partial charge in [0.15, 0.2) is 6.33 Å². The Labute approximate surface area is 61.9 Å². The van der Waals surface area contributed by atoms with Crippen LogP contribution in [0.4, 0.5) is 0 Å². The minimum atomic E-state index is 0.373. The standard InChI is InChI=1S/C5H4N6/c1-2-8-11(3-1)5-9-6-4-7-10-5/h1-4H. The summed E-state index contributed by atoms with van der Waals surface area (Å²) in [5, 5.41) is 18.4. The molecular weight excluding hydrogens is 144 g/mol. The summed E-state index contributed by atoms with van der Waals surface area (Å²) in [5.41, 5.74) is 0. The van der Waals surface area contributed by atoms with Crippen LogP contribution in [-0.4, -0.2) is 30.2 Å². The van der Waals surface area contributed by atoms with E-state index in [9.17, 15) is 0 Å². The zero-order chi connectivity index (χ0) is 7.52. The summed E-state index contributed by atoms with van der Waals surface area (Å²) >= 11 is 0. The van der Waals surface area contributed by atoms with Gasteiger partial charge >= 0.3 is 0 Å². The molecule has 0 aliphatic carbocycles. The van der Waals surface area contributed by atoms with Crippen molar-refractivity contribution in [2.24, 2.45) is 0 Å². The van der Waals surface area contributed by atoms with E-state index >= 15 is 0 Å². The summed E-state index contributed by atoms with van der Waals surface area (Å²) in [7, 11) is 0. The molecule has 0 spiro atoms. The maximum absolute atomic E-state index is 3.90. The quantitative estimate of drug-likeness (QED) is 0.542. The van der Waals surface area contributed by atoms with Gasteiger partial charge in [-0.25, -0.2) is 4.68 Å². The molecule has 0 radical (unpaired) electrons. The van der Waals surface area contributed by atoms with Crippen molar-refractivity contribution in [2.45, 2.75) is 0 Å². The smallest absolute Gasteiger partial charge is 0.204 e. The molecule has 2 aromatic rings. The maximum atomic E-state index is 3.90. The monoisotopic (exact) mass is 148 g/mol. The van der Waals surface area contributed by atoms with Crippen molar-refractivity contribution >= 4 is 0 Å². The lowest BCUT2D eigenvalue weighted by Crippen LogP contribution is -2.03. The summed E-state index contributed by atoms with van der Waals surface area (Å²) in [6.07, 6.45) is 4.63. The fraction of sp³-hybridized carbons (Fsp3) is 0. The predicted molar refractivity (Wildman–Crippen MR) is 34.7 cm³/mol. The van der Waals surface area contributed by atoms with Crippen molar-refractivity contribution in [1.29, 1.82) is 0 Å². The third kappa shape index (κ3) is 1.05. The Hall–Kier alpha value is -1.85. The molecule has 11 heavy (non-hydrogen) atoms. The van der Waals surface area contributed by atoms with Crippen molar-refractivity contribution in [1.82, 2.24) is 30.2 Å². The molecule has 2 heterocycles. The third-order valence-corrected chi connectivity index (χ3v) is 1.11. The summed E-state index contributed by atoms with van der Waals surface area (Å²) in [5.74, 6) is 0.373. The minimum absolute atomic E-state index is 0.373. The van der Waals surface area contributed by atoms with Gasteiger partial charge in [0, 0.05) is 12.4 Å². The fourth-order valence-electron chi connectivity index (χ4n) is 0.677. The second-order valence-electron chi connectivity index (χ2n) is 1.80. The van der Waals surface area contributed by atoms with Crippen molar-refractivity contribution in [2.75, 3.05) is 0 Å². The Morgan fingerprint density at radius 1 is 1.18 bits per heavy atom. The van der Waals surface area contributed by atoms with Gasteiger partial charge in [0.1, 0.15) is 0 Å². The van der Waals surface area contributed by atoms with Crippen LogP contribution in [0.2, 0.25) is 0 Å². The first-order chi connectivity index (χ1) is 5.47. The molecule has 0 aliphatic heterocycles. The van der Waals surface area contributed by atoms with E-state index in [1.54, 1.807) is 18.5 Å². The highest BCUT2D eigenvalue weighted by Gasteiger charge is 1.96. The zero-order valence-electron chi connectivity index (χ0n) is 5.49. The first kappa shape index (κ1) is 5.90. The zero-order valence-corrected chi connectivity index (χ0v) is 5.49. The minimum Gasteiger partial charge on any atom is -0.204 e. The number of hydrogen-bond acceptors (Lipinski definition) is 5. The third-order valence-electron chi connectivity index (χ3n) is 1.11. The van der Waals surface area contributed by atoms with Gasteiger partial charge in [-0.3, -0.25) is 0 Å². The normalized spacial score (nSPS) is 9.82. The molecule has 0 saturated carbocycles. The van der Waals surface area contributed by atoms with Crippen LogP contribution in [0.15, 0.2) is 24.8 Å². The van der Waals surface area contributed by atoms with E-state index in [1.807, 2.05) is 0 Å². The highest BCUT2D eigenvalue weighted by atomic mass is 15.4. The van der Waals surface area contributed by atoms with Gasteiger partial charge in [-0.05, 0) is 6.07 Å². The lowest BCUT2D eigenvalue weighted by atomic mass is 10.7. The Kier molecular flexibility index (Phi) is 1.29. The number of rotatable bonds is 1. The Bertz CT molecular complexity index is 314. The van der Waals surface area contributed by atoms with Gasteiger partial charge in [0.05, 0.1) is 0 Å². The fourth-order valence-corrected chi connectivity index (χ4v) is 0.677. The molecule has 2 rings (SSSR count). The van der Waals surface area contributed by atoms with Gasteiger partial charge in [0.2, 0.25) is 0 Å². The van der Waals surface area contributed by atoms with Crippen molar-refractivity contribution in [3.63, 3.8) is 0 Å². The highest BCUT2D eigenvalue weighted by molar-refractivity contribution is 5.01. The van der Waals surface area contributed by atoms with E-state index in [2.05, 4.69) is 25.5 Å². The first-order valence-corrected chi connectivity index (χ1v) is 2.97. The van der Waals surface area contributed by atoms with Crippen LogP contribution < -0.4 is 0 Å². The van der Waals surface area contributed by atoms with E-state index in [-0.39, 0.29) is 0 Å². The lowest BCUT2D eigenvalue weighted by molar-refractivity contribution is 0.727. The van der Waals surface area contributed by atoms with Crippen LogP contribution in [0.25, 0.3) is 5.95 Å². The molecule has 6 heteroatoms. The highest BCUT2D eigenvalue weighted by Crippen LogP contribution is 1.91. The molecule has 6 nitrogen and oxygen atoms in total. The van der Waals surface area contributed by atoms with Gasteiger partial charge in [-0.2, -0.15) is 5.10 Å². The largest absolute Gasteiger partial charge is 0.288 e. The van der Waals surface area contributed by atoms with Crippen LogP contribution in [0, 0.1) is 0 Å². The van der Waals surface area contributed by atoms with E-state index < -0.39 is 0 Å². The summed E-state index contributed by atoms with van der Waals surface area (Å²) in [6, 6.07) is 1.77. The maximum Gasteiger partial charge on any atom is 0.288 e. The molecule has 54 valence electrons. The van der Waals surface area contributed by atoms with E-state index in [4.69, 9.17) is 0 Å². The van der Waals surface area contributed by atoms with Crippen LogP contribution in [0.3, 0.4) is 0 Å².